The van der Waals surface area contributed by atoms with Gasteiger partial charge in [0.05, 0.1) is 12.6 Å². The zero-order valence-corrected chi connectivity index (χ0v) is 10.1. The maximum atomic E-state index is 11.6. The van der Waals surface area contributed by atoms with Gasteiger partial charge in [0.1, 0.15) is 0 Å². The van der Waals surface area contributed by atoms with Crippen LogP contribution in [0.4, 0.5) is 4.79 Å². The molecule has 1 unspecified atom stereocenters. The molecule has 92 valence electrons. The molecule has 0 aromatic carbocycles. The Hall–Kier alpha value is -0.770. The molecule has 2 aliphatic rings. The molecule has 2 amide bonds. The fourth-order valence-corrected chi connectivity index (χ4v) is 2.37. The van der Waals surface area contributed by atoms with Gasteiger partial charge < -0.3 is 15.4 Å². The third kappa shape index (κ3) is 3.11. The van der Waals surface area contributed by atoms with Crippen LogP contribution in [0.2, 0.25) is 0 Å². The molecule has 1 atom stereocenters. The van der Waals surface area contributed by atoms with Gasteiger partial charge in [-0.3, -0.25) is 0 Å². The summed E-state index contributed by atoms with van der Waals surface area (Å²) in [5.41, 5.74) is 0.429. The number of carbonyl (C=O) groups is 1. The average molecular weight is 226 g/mol. The lowest BCUT2D eigenvalue weighted by atomic mass is 10.0. The van der Waals surface area contributed by atoms with E-state index in [-0.39, 0.29) is 12.1 Å². The second-order valence-electron chi connectivity index (χ2n) is 5.14. The molecule has 1 aliphatic heterocycles. The zero-order valence-electron chi connectivity index (χ0n) is 10.1. The van der Waals surface area contributed by atoms with Crippen LogP contribution in [0.1, 0.15) is 39.0 Å². The highest BCUT2D eigenvalue weighted by Gasteiger charge is 2.41. The van der Waals surface area contributed by atoms with Crippen molar-refractivity contribution in [2.45, 2.75) is 45.1 Å². The van der Waals surface area contributed by atoms with E-state index in [1.807, 2.05) is 0 Å². The highest BCUT2D eigenvalue weighted by Crippen LogP contribution is 2.48. The predicted molar refractivity (Wildman–Crippen MR) is 62.3 cm³/mol. The molecule has 0 aromatic rings. The van der Waals surface area contributed by atoms with Gasteiger partial charge in [0.2, 0.25) is 0 Å². The summed E-state index contributed by atoms with van der Waals surface area (Å²) in [6.45, 7) is 4.47. The van der Waals surface area contributed by atoms with Crippen molar-refractivity contribution in [3.8, 4) is 0 Å². The maximum absolute atomic E-state index is 11.6. The van der Waals surface area contributed by atoms with E-state index >= 15 is 0 Å². The van der Waals surface area contributed by atoms with Gasteiger partial charge in [0.25, 0.3) is 0 Å². The first-order valence-corrected chi connectivity index (χ1v) is 6.36. The Morgan fingerprint density at radius 3 is 2.88 bits per heavy atom. The lowest BCUT2D eigenvalue weighted by molar-refractivity contribution is 0.188. The Morgan fingerprint density at radius 2 is 2.31 bits per heavy atom. The summed E-state index contributed by atoms with van der Waals surface area (Å²) >= 11 is 0. The molecule has 1 aliphatic carbocycles. The van der Waals surface area contributed by atoms with E-state index in [4.69, 9.17) is 4.74 Å². The third-order valence-electron chi connectivity index (χ3n) is 3.63. The third-order valence-corrected chi connectivity index (χ3v) is 3.63. The number of amides is 2. The van der Waals surface area contributed by atoms with Gasteiger partial charge in [-0.25, -0.2) is 4.79 Å². The second-order valence-corrected chi connectivity index (χ2v) is 5.14. The van der Waals surface area contributed by atoms with Crippen molar-refractivity contribution in [2.75, 3.05) is 19.8 Å². The summed E-state index contributed by atoms with van der Waals surface area (Å²) in [5, 5.41) is 5.94. The topological polar surface area (TPSA) is 50.4 Å². The molecule has 2 fully saturated rings. The van der Waals surface area contributed by atoms with Gasteiger partial charge in [0, 0.05) is 13.2 Å². The maximum Gasteiger partial charge on any atom is 0.315 e. The largest absolute Gasteiger partial charge is 0.379 e. The highest BCUT2D eigenvalue weighted by atomic mass is 16.5. The van der Waals surface area contributed by atoms with Crippen LogP contribution in [0, 0.1) is 5.41 Å². The van der Waals surface area contributed by atoms with Gasteiger partial charge in [-0.2, -0.15) is 0 Å². The minimum Gasteiger partial charge on any atom is -0.379 e. The van der Waals surface area contributed by atoms with Crippen molar-refractivity contribution in [1.29, 1.82) is 0 Å². The monoisotopic (exact) mass is 226 g/mol. The molecule has 0 spiro atoms. The van der Waals surface area contributed by atoms with Crippen LogP contribution >= 0.6 is 0 Å². The summed E-state index contributed by atoms with van der Waals surface area (Å²) in [4.78, 5) is 11.6. The fourth-order valence-electron chi connectivity index (χ4n) is 2.37. The average Bonchev–Trinajstić information content (AvgIpc) is 2.83. The van der Waals surface area contributed by atoms with Gasteiger partial charge in [-0.15, -0.1) is 0 Å². The molecule has 0 aromatic heterocycles. The SMILES string of the molecule is CCCC1(CNC(=O)NC2CCOC2)CC1. The standard InChI is InChI=1S/C12H22N2O2/c1-2-4-12(5-6-12)9-13-11(15)14-10-3-7-16-8-10/h10H,2-9H2,1H3,(H2,13,14,15). The summed E-state index contributed by atoms with van der Waals surface area (Å²) in [6.07, 6.45) is 5.93. The smallest absolute Gasteiger partial charge is 0.315 e. The summed E-state index contributed by atoms with van der Waals surface area (Å²) in [7, 11) is 0. The first kappa shape index (κ1) is 11.7. The van der Waals surface area contributed by atoms with Crippen LogP contribution in [-0.4, -0.2) is 31.8 Å². The Morgan fingerprint density at radius 1 is 1.50 bits per heavy atom. The van der Waals surface area contributed by atoms with E-state index < -0.39 is 0 Å². The molecule has 16 heavy (non-hydrogen) atoms. The first-order valence-electron chi connectivity index (χ1n) is 6.36. The van der Waals surface area contributed by atoms with Crippen molar-refractivity contribution in [3.05, 3.63) is 0 Å². The molecule has 2 rings (SSSR count). The van der Waals surface area contributed by atoms with Crippen molar-refractivity contribution in [3.63, 3.8) is 0 Å². The minimum absolute atomic E-state index is 0.0297. The lowest BCUT2D eigenvalue weighted by Crippen LogP contribution is -2.44. The number of hydrogen-bond donors (Lipinski definition) is 2. The number of hydrogen-bond acceptors (Lipinski definition) is 2. The van der Waals surface area contributed by atoms with Crippen LogP contribution in [-0.2, 0) is 4.74 Å². The Bertz CT molecular complexity index is 245. The zero-order chi connectivity index (χ0) is 11.4. The molecule has 0 bridgehead atoms. The Balaban J connectivity index is 1.63. The van der Waals surface area contributed by atoms with Crippen LogP contribution in [0.3, 0.4) is 0 Å². The first-order chi connectivity index (χ1) is 7.74. The quantitative estimate of drug-likeness (QED) is 0.749. The van der Waals surface area contributed by atoms with Crippen LogP contribution in [0.5, 0.6) is 0 Å². The van der Waals surface area contributed by atoms with Crippen molar-refractivity contribution in [1.82, 2.24) is 10.6 Å². The molecule has 4 heteroatoms. The number of carbonyl (C=O) groups excluding carboxylic acids is 1. The minimum atomic E-state index is -0.0297. The van der Waals surface area contributed by atoms with E-state index in [1.54, 1.807) is 0 Å². The lowest BCUT2D eigenvalue weighted by Gasteiger charge is -2.17. The normalized spacial score (nSPS) is 26.4. The highest BCUT2D eigenvalue weighted by molar-refractivity contribution is 5.74. The van der Waals surface area contributed by atoms with Crippen LogP contribution < -0.4 is 10.6 Å². The molecular weight excluding hydrogens is 204 g/mol. The van der Waals surface area contributed by atoms with Gasteiger partial charge in [0.15, 0.2) is 0 Å². The summed E-state index contributed by atoms with van der Waals surface area (Å²) in [5.74, 6) is 0. The van der Waals surface area contributed by atoms with Crippen LogP contribution in [0.25, 0.3) is 0 Å². The fraction of sp³-hybridized carbons (Fsp3) is 0.917. The molecule has 0 radical (unpaired) electrons. The summed E-state index contributed by atoms with van der Waals surface area (Å²) in [6, 6.07) is 0.180. The number of nitrogens with one attached hydrogen (secondary N) is 2. The Labute approximate surface area is 97.1 Å². The summed E-state index contributed by atoms with van der Waals surface area (Å²) < 4.78 is 5.21. The van der Waals surface area contributed by atoms with E-state index in [1.165, 1.54) is 25.7 Å². The molecule has 1 saturated carbocycles. The molecule has 1 saturated heterocycles. The number of rotatable bonds is 5. The van der Waals surface area contributed by atoms with Crippen molar-refractivity contribution >= 4 is 6.03 Å². The van der Waals surface area contributed by atoms with Gasteiger partial charge in [-0.05, 0) is 31.1 Å². The molecule has 1 heterocycles. The van der Waals surface area contributed by atoms with Gasteiger partial charge in [-0.1, -0.05) is 13.3 Å². The van der Waals surface area contributed by atoms with Gasteiger partial charge >= 0.3 is 6.03 Å². The number of urea groups is 1. The van der Waals surface area contributed by atoms with E-state index in [0.717, 1.165) is 19.6 Å². The van der Waals surface area contributed by atoms with E-state index in [2.05, 4.69) is 17.6 Å². The predicted octanol–water partition coefficient (Wildman–Crippen LogP) is 1.65. The van der Waals surface area contributed by atoms with Crippen LogP contribution in [0.15, 0.2) is 0 Å². The second kappa shape index (κ2) is 5.04. The number of ether oxygens (including phenoxy) is 1. The van der Waals surface area contributed by atoms with E-state index in [9.17, 15) is 4.79 Å². The van der Waals surface area contributed by atoms with Crippen molar-refractivity contribution < 1.29 is 9.53 Å². The van der Waals surface area contributed by atoms with Crippen molar-refractivity contribution in [2.24, 2.45) is 5.41 Å². The molecular formula is C12H22N2O2. The molecule has 2 N–H and O–H groups in total. The van der Waals surface area contributed by atoms with E-state index in [0.29, 0.717) is 12.0 Å². The Kier molecular flexibility index (Phi) is 3.69. The molecule has 4 nitrogen and oxygen atoms in total.